The zero-order valence-corrected chi connectivity index (χ0v) is 15.2. The highest BCUT2D eigenvalue weighted by Gasteiger charge is 2.11. The summed E-state index contributed by atoms with van der Waals surface area (Å²) in [6, 6.07) is 6.92. The number of aromatic nitrogens is 2. The lowest BCUT2D eigenvalue weighted by Gasteiger charge is -1.96. The van der Waals surface area contributed by atoms with E-state index >= 15 is 0 Å². The SMILES string of the molecule is Cc1csc(/C(C#N)=C/Nc2nc3ccc(S(C)(=O)=O)cc3s2)n1. The Kier molecular flexibility index (Phi) is 4.36. The van der Waals surface area contributed by atoms with Gasteiger partial charge in [0.15, 0.2) is 15.0 Å². The van der Waals surface area contributed by atoms with Gasteiger partial charge in [0.1, 0.15) is 16.6 Å². The van der Waals surface area contributed by atoms with Gasteiger partial charge in [-0.2, -0.15) is 5.26 Å². The highest BCUT2D eigenvalue weighted by molar-refractivity contribution is 7.90. The van der Waals surface area contributed by atoms with Crippen LogP contribution >= 0.6 is 22.7 Å². The second-order valence-corrected chi connectivity index (χ2v) is 8.93. The molecule has 2 aromatic heterocycles. The minimum atomic E-state index is -3.25. The van der Waals surface area contributed by atoms with Gasteiger partial charge in [0.05, 0.1) is 15.1 Å². The van der Waals surface area contributed by atoms with E-state index in [-0.39, 0.29) is 4.90 Å². The molecule has 0 amide bonds. The highest BCUT2D eigenvalue weighted by Crippen LogP contribution is 2.28. The average molecular weight is 376 g/mol. The number of hydrogen-bond acceptors (Lipinski definition) is 8. The van der Waals surface area contributed by atoms with E-state index in [9.17, 15) is 13.7 Å². The summed E-state index contributed by atoms with van der Waals surface area (Å²) in [5.41, 5.74) is 1.99. The third-order valence-corrected chi connectivity index (χ3v) is 6.15. The zero-order chi connectivity index (χ0) is 17.3. The molecule has 0 aliphatic heterocycles. The molecule has 0 aliphatic carbocycles. The molecule has 24 heavy (non-hydrogen) atoms. The molecule has 3 rings (SSSR count). The molecule has 0 saturated carbocycles. The number of allylic oxidation sites excluding steroid dienone is 1. The van der Waals surface area contributed by atoms with Gasteiger partial charge in [0.25, 0.3) is 0 Å². The van der Waals surface area contributed by atoms with Crippen molar-refractivity contribution in [3.05, 3.63) is 40.5 Å². The van der Waals surface area contributed by atoms with E-state index in [1.807, 2.05) is 12.3 Å². The number of nitrogens with one attached hydrogen (secondary N) is 1. The van der Waals surface area contributed by atoms with Crippen molar-refractivity contribution in [2.45, 2.75) is 11.8 Å². The summed E-state index contributed by atoms with van der Waals surface area (Å²) in [5.74, 6) is 0. The fourth-order valence-corrected chi connectivity index (χ4v) is 4.31. The Morgan fingerprint density at radius 2 is 2.17 bits per heavy atom. The summed E-state index contributed by atoms with van der Waals surface area (Å²) in [5, 5.41) is 15.4. The predicted molar refractivity (Wildman–Crippen MR) is 96.8 cm³/mol. The van der Waals surface area contributed by atoms with Crippen molar-refractivity contribution in [1.29, 1.82) is 5.26 Å². The Bertz CT molecular complexity index is 1090. The highest BCUT2D eigenvalue weighted by atomic mass is 32.2. The number of anilines is 1. The number of sulfone groups is 1. The summed E-state index contributed by atoms with van der Waals surface area (Å²) in [6.07, 6.45) is 2.74. The Morgan fingerprint density at radius 3 is 2.79 bits per heavy atom. The molecule has 0 atom stereocenters. The fraction of sp³-hybridized carbons (Fsp3) is 0.133. The van der Waals surface area contributed by atoms with Crippen LogP contribution < -0.4 is 5.32 Å². The van der Waals surface area contributed by atoms with Crippen LogP contribution in [0, 0.1) is 18.3 Å². The molecule has 9 heteroatoms. The largest absolute Gasteiger partial charge is 0.337 e. The zero-order valence-electron chi connectivity index (χ0n) is 12.8. The van der Waals surface area contributed by atoms with Crippen LogP contribution in [0.5, 0.6) is 0 Å². The lowest BCUT2D eigenvalue weighted by molar-refractivity contribution is 0.602. The molecule has 2 heterocycles. The van der Waals surface area contributed by atoms with Crippen LogP contribution in [0.25, 0.3) is 15.8 Å². The molecule has 0 saturated heterocycles. The Hall–Kier alpha value is -2.28. The van der Waals surface area contributed by atoms with Crippen LogP contribution in [0.3, 0.4) is 0 Å². The molecule has 122 valence electrons. The Balaban J connectivity index is 1.90. The van der Waals surface area contributed by atoms with Gasteiger partial charge in [-0.1, -0.05) is 11.3 Å². The van der Waals surface area contributed by atoms with Gasteiger partial charge in [0, 0.05) is 23.5 Å². The van der Waals surface area contributed by atoms with Gasteiger partial charge in [-0.05, 0) is 25.1 Å². The molecule has 1 aromatic carbocycles. The van der Waals surface area contributed by atoms with E-state index in [0.29, 0.717) is 21.2 Å². The smallest absolute Gasteiger partial charge is 0.187 e. The average Bonchev–Trinajstić information content (AvgIpc) is 3.12. The first kappa shape index (κ1) is 16.6. The number of benzene rings is 1. The van der Waals surface area contributed by atoms with Gasteiger partial charge in [-0.3, -0.25) is 0 Å². The monoisotopic (exact) mass is 376 g/mol. The predicted octanol–water partition coefficient (Wildman–Crippen LogP) is 3.44. The maximum Gasteiger partial charge on any atom is 0.187 e. The standard InChI is InChI=1S/C15H12N4O2S3/c1-9-8-22-14(18-9)10(6-16)7-17-15-19-12-4-3-11(24(2,20)21)5-13(12)23-15/h3-5,7-8H,1-2H3,(H,17,19)/b10-7+. The number of thiazole rings is 2. The van der Waals surface area contributed by atoms with Crippen LogP contribution in [-0.2, 0) is 9.84 Å². The molecule has 0 bridgehead atoms. The topological polar surface area (TPSA) is 95.7 Å². The van der Waals surface area contributed by atoms with Crippen molar-refractivity contribution in [2.75, 3.05) is 11.6 Å². The van der Waals surface area contributed by atoms with Crippen molar-refractivity contribution in [1.82, 2.24) is 9.97 Å². The third-order valence-electron chi connectivity index (χ3n) is 3.10. The van der Waals surface area contributed by atoms with Crippen LogP contribution in [0.2, 0.25) is 0 Å². The molecular formula is C15H12N4O2S3. The van der Waals surface area contributed by atoms with Crippen LogP contribution in [0.4, 0.5) is 5.13 Å². The molecular weight excluding hydrogens is 364 g/mol. The van der Waals surface area contributed by atoms with E-state index < -0.39 is 9.84 Å². The molecule has 0 radical (unpaired) electrons. The van der Waals surface area contributed by atoms with Crippen molar-refractivity contribution in [2.24, 2.45) is 0 Å². The fourth-order valence-electron chi connectivity index (χ4n) is 1.95. The van der Waals surface area contributed by atoms with Gasteiger partial charge in [-0.25, -0.2) is 18.4 Å². The van der Waals surface area contributed by atoms with Crippen molar-refractivity contribution in [3.63, 3.8) is 0 Å². The van der Waals surface area contributed by atoms with Gasteiger partial charge >= 0.3 is 0 Å². The number of nitriles is 1. The van der Waals surface area contributed by atoms with Gasteiger partial charge < -0.3 is 5.32 Å². The molecule has 6 nitrogen and oxygen atoms in total. The number of rotatable bonds is 4. The van der Waals surface area contributed by atoms with E-state index in [0.717, 1.165) is 10.4 Å². The summed E-state index contributed by atoms with van der Waals surface area (Å²) in [6.45, 7) is 1.87. The van der Waals surface area contributed by atoms with Crippen molar-refractivity contribution < 1.29 is 8.42 Å². The summed E-state index contributed by atoms with van der Waals surface area (Å²) >= 11 is 2.72. The number of nitrogens with zero attached hydrogens (tertiary/aromatic N) is 3. The maximum atomic E-state index is 11.6. The molecule has 3 aromatic rings. The Morgan fingerprint density at radius 1 is 1.38 bits per heavy atom. The van der Waals surface area contributed by atoms with Crippen molar-refractivity contribution >= 4 is 53.4 Å². The lowest BCUT2D eigenvalue weighted by atomic mass is 10.3. The van der Waals surface area contributed by atoms with Crippen LogP contribution in [-0.4, -0.2) is 24.6 Å². The van der Waals surface area contributed by atoms with E-state index in [1.54, 1.807) is 18.3 Å². The number of aryl methyl sites for hydroxylation is 1. The molecule has 0 spiro atoms. The molecule has 0 unspecified atom stereocenters. The van der Waals surface area contributed by atoms with E-state index in [4.69, 9.17) is 0 Å². The first-order chi connectivity index (χ1) is 11.4. The third kappa shape index (κ3) is 3.46. The van der Waals surface area contributed by atoms with E-state index in [2.05, 4.69) is 21.4 Å². The first-order valence-electron chi connectivity index (χ1n) is 6.77. The summed E-state index contributed by atoms with van der Waals surface area (Å²) in [4.78, 5) is 8.92. The maximum absolute atomic E-state index is 11.6. The Labute approximate surface area is 147 Å². The quantitative estimate of drug-likeness (QED) is 0.701. The second-order valence-electron chi connectivity index (χ2n) is 5.03. The second kappa shape index (κ2) is 6.32. The van der Waals surface area contributed by atoms with Crippen molar-refractivity contribution in [3.8, 4) is 6.07 Å². The minimum absolute atomic E-state index is 0.261. The van der Waals surface area contributed by atoms with Gasteiger partial charge in [-0.15, -0.1) is 11.3 Å². The van der Waals surface area contributed by atoms with E-state index in [1.165, 1.54) is 35.0 Å². The molecule has 0 fully saturated rings. The number of fused-ring (bicyclic) bond motifs is 1. The van der Waals surface area contributed by atoms with Gasteiger partial charge in [0.2, 0.25) is 0 Å². The number of hydrogen-bond donors (Lipinski definition) is 1. The lowest BCUT2D eigenvalue weighted by Crippen LogP contribution is -1.95. The minimum Gasteiger partial charge on any atom is -0.337 e. The summed E-state index contributed by atoms with van der Waals surface area (Å²) < 4.78 is 24.0. The normalized spacial score (nSPS) is 12.3. The first-order valence-corrected chi connectivity index (χ1v) is 10.4. The van der Waals surface area contributed by atoms with Crippen LogP contribution in [0.1, 0.15) is 10.7 Å². The molecule has 1 N–H and O–H groups in total. The van der Waals surface area contributed by atoms with Crippen LogP contribution in [0.15, 0.2) is 34.7 Å². The molecule has 0 aliphatic rings. The summed E-state index contributed by atoms with van der Waals surface area (Å²) in [7, 11) is -3.25.